The molecule has 5 fully saturated rings. The Morgan fingerprint density at radius 3 is 2.03 bits per heavy atom. The predicted molar refractivity (Wildman–Crippen MR) is 355 cm³/mol. The lowest BCUT2D eigenvalue weighted by Gasteiger charge is -2.46. The number of methoxy groups -OCH3 is 1. The minimum Gasteiger partial charge on any atom is -0.504 e. The molecule has 3 aromatic carbocycles. The molecule has 0 spiro atoms. The van der Waals surface area contributed by atoms with E-state index < -0.39 is 184 Å². The number of carbonyl (C=O) groups is 7. The van der Waals surface area contributed by atoms with Gasteiger partial charge in [-0.25, -0.2) is 5.26 Å². The lowest BCUT2D eigenvalue weighted by atomic mass is 9.66. The molecular weight excluding hydrogens is 1330 g/mol. The molecule has 13 atom stereocenters. The average Bonchev–Trinajstić information content (AvgIpc) is 1.75. The molecule has 9 rings (SSSR count). The summed E-state index contributed by atoms with van der Waals surface area (Å²) in [4.78, 5) is 104. The van der Waals surface area contributed by atoms with Crippen LogP contribution in [0, 0.1) is 11.8 Å². The molecule has 16 N–H and O–H groups in total. The first-order chi connectivity index (χ1) is 47.5. The molecule has 0 radical (unpaired) electrons. The van der Waals surface area contributed by atoms with Crippen molar-refractivity contribution in [3.63, 3.8) is 0 Å². The van der Waals surface area contributed by atoms with Gasteiger partial charge in [0.25, 0.3) is 18.2 Å². The number of phenols is 1. The van der Waals surface area contributed by atoms with Crippen LogP contribution in [0.1, 0.15) is 118 Å². The van der Waals surface area contributed by atoms with E-state index in [0.29, 0.717) is 27.4 Å². The van der Waals surface area contributed by atoms with Crippen LogP contribution in [0.4, 0.5) is 0 Å². The number of hydrogen-bond donors (Lipinski definition) is 16. The summed E-state index contributed by atoms with van der Waals surface area (Å²) in [5.41, 5.74) is 2.85. The smallest absolute Gasteiger partial charge is 0.261 e. The summed E-state index contributed by atoms with van der Waals surface area (Å²) < 4.78 is 15.6. The third kappa shape index (κ3) is 18.7. The second-order valence-corrected chi connectivity index (χ2v) is 27.8. The van der Waals surface area contributed by atoms with Gasteiger partial charge in [0.05, 0.1) is 61.5 Å². The zero-order chi connectivity index (χ0) is 71.2. The van der Waals surface area contributed by atoms with E-state index in [9.17, 15) is 74.7 Å². The van der Waals surface area contributed by atoms with Gasteiger partial charge in [0.1, 0.15) is 46.3 Å². The van der Waals surface area contributed by atoms with Crippen molar-refractivity contribution in [3.05, 3.63) is 83.4 Å². The number of rotatable bonds is 22. The number of phenolic OH excluding ortho intramolecular Hbond substituents is 1. The molecule has 5 aliphatic rings. The molecule has 542 valence electrons. The Balaban J connectivity index is 0.967. The predicted octanol–water partition coefficient (Wildman–Crippen LogP) is -0.155. The van der Waals surface area contributed by atoms with Gasteiger partial charge in [0.2, 0.25) is 35.4 Å². The summed E-state index contributed by atoms with van der Waals surface area (Å²) in [7, 11) is 1.87. The molecule has 0 bridgehead atoms. The number of benzene rings is 3. The van der Waals surface area contributed by atoms with Gasteiger partial charge in [-0.1, -0.05) is 89.4 Å². The number of nitrogens with zero attached hydrogens (tertiary/aromatic N) is 4. The minimum absolute atomic E-state index is 0.0230. The molecule has 2 saturated carbocycles. The summed E-state index contributed by atoms with van der Waals surface area (Å²) in [6.07, 6.45) is -2.17. The maximum atomic E-state index is 15.0. The number of aromatic nitrogens is 2. The Kier molecular flexibility index (Phi) is 26.9. The number of aromatic hydroxyl groups is 1. The van der Waals surface area contributed by atoms with E-state index in [2.05, 4.69) is 63.6 Å². The summed E-state index contributed by atoms with van der Waals surface area (Å²) in [5.74, 6) is -8.55. The molecule has 3 saturated heterocycles. The Labute approximate surface area is 579 Å². The van der Waals surface area contributed by atoms with Crippen LogP contribution in [0.2, 0.25) is 0 Å². The number of carbonyl (C=O) groups excluding carboxylic acids is 7. The molecule has 0 unspecified atom stereocenters. The highest BCUT2D eigenvalue weighted by Crippen LogP contribution is 2.48. The summed E-state index contributed by atoms with van der Waals surface area (Å²) in [5, 5.41) is 137. The van der Waals surface area contributed by atoms with Crippen molar-refractivity contribution in [2.45, 2.75) is 188 Å². The van der Waals surface area contributed by atoms with Crippen LogP contribution in [-0.2, 0) is 49.3 Å². The van der Waals surface area contributed by atoms with Crippen molar-refractivity contribution in [2.75, 3.05) is 46.5 Å². The van der Waals surface area contributed by atoms with Gasteiger partial charge in [0, 0.05) is 68.6 Å². The molecular formula is C66H90N10O21S2. The highest BCUT2D eigenvalue weighted by Gasteiger charge is 2.50. The van der Waals surface area contributed by atoms with Gasteiger partial charge in [0.15, 0.2) is 11.5 Å². The van der Waals surface area contributed by atoms with Gasteiger partial charge in [-0.2, -0.15) is 0 Å². The minimum atomic E-state index is -2.16. The first-order valence-corrected chi connectivity index (χ1v) is 34.8. The van der Waals surface area contributed by atoms with Crippen molar-refractivity contribution in [1.29, 1.82) is 0 Å². The molecule has 4 aromatic rings. The second-order valence-electron chi connectivity index (χ2n) is 26.4. The fourth-order valence-electron chi connectivity index (χ4n) is 14.1. The van der Waals surface area contributed by atoms with Gasteiger partial charge in [-0.3, -0.25) is 33.6 Å². The van der Waals surface area contributed by atoms with Gasteiger partial charge >= 0.3 is 0 Å². The third-order valence-electron chi connectivity index (χ3n) is 19.7. The van der Waals surface area contributed by atoms with E-state index in [1.807, 2.05) is 19.2 Å². The van der Waals surface area contributed by atoms with E-state index in [1.54, 1.807) is 12.1 Å². The lowest BCUT2D eigenvalue weighted by molar-refractivity contribution is -0.433. The van der Waals surface area contributed by atoms with Crippen LogP contribution in [0.25, 0.3) is 21.1 Å². The zero-order valence-electron chi connectivity index (χ0n) is 55.1. The number of fused-ring (bicyclic) bond motifs is 2. The summed E-state index contributed by atoms with van der Waals surface area (Å²) in [6.45, 7) is -0.301. The number of ether oxygens (including phenoxy) is 1. The molecule has 31 nitrogen and oxygen atoms in total. The monoisotopic (exact) mass is 1420 g/mol. The Bertz CT molecular complexity index is 3390. The van der Waals surface area contributed by atoms with Crippen LogP contribution in [-0.4, -0.2) is 244 Å². The summed E-state index contributed by atoms with van der Waals surface area (Å²) >= 11 is 1.41. The highest BCUT2D eigenvalue weighted by atomic mass is 32.2. The van der Waals surface area contributed by atoms with Crippen molar-refractivity contribution >= 4 is 65.0 Å². The molecule has 7 amide bonds. The number of β-amino-alcohol motifs (C(OH)–C–C–N with tert-alkyl or cyclic N) is 1. The van der Waals surface area contributed by atoms with Crippen LogP contribution >= 0.6 is 23.7 Å². The van der Waals surface area contributed by atoms with Gasteiger partial charge in [-0.05, 0) is 106 Å². The Morgan fingerprint density at radius 1 is 0.758 bits per heavy atom. The topological polar surface area (TPSA) is 463 Å². The molecule has 33 heteroatoms. The molecule has 2 aliphatic carbocycles. The summed E-state index contributed by atoms with van der Waals surface area (Å²) in [6, 6.07) is 5.84. The van der Waals surface area contributed by atoms with E-state index in [1.165, 1.54) is 80.2 Å². The standard InChI is InChI=1S/C66H90N10O21S2/c1-34-30-76-55(56(34)85)61(90)68-29-44(80)27-46(69-57(86)39-12-16-41(17-13-39)63-74-73-62(98-63)40-14-10-37(11-15-40)38-19-22-66(94-3,23-20-38)42-7-5-4-6-8-42)58(87)70-52(35(2)79)64(91)75-31-45(81)28-47(75)59(88)71-53(50(84)25-36-9-18-48(82)51(26-36)95-99-97-96-93)60(89)72-54(65(76)92)49(83)21-24-67-43(32-77)33-78/h9-18,26,34-35,38,42-47,49-50,52-56,67,77-85,93H,4-8,19-25,27-33H2,1-3H3,(H,68,90)(H,69,86)(H,70,87)(H,71,88)(H,72,89)/t34-,35+,38?,44+,45+,46-,47-,49+,50+,52-,53-,54-,55-,56-,66?/m0/s1. The van der Waals surface area contributed by atoms with E-state index in [4.69, 9.17) is 14.2 Å². The number of hydrogen-bond acceptors (Lipinski definition) is 26. The normalized spacial score (nSPS) is 28.2. The number of amides is 7. The molecule has 4 heterocycles. The zero-order valence-corrected chi connectivity index (χ0v) is 56.7. The van der Waals surface area contributed by atoms with Crippen molar-refractivity contribution < 1.29 is 103 Å². The maximum absolute atomic E-state index is 15.0. The van der Waals surface area contributed by atoms with Crippen LogP contribution < -0.4 is 36.1 Å². The fraction of sp³-hybridized carbons (Fsp3) is 0.591. The Hall–Kier alpha value is -7.06. The SMILES string of the molecule is COC1(C2CCCCC2)CCC(c2ccc(-c3nnc(-c4ccc(C(=O)N[C@H]5C[C@@H](O)CNC(=O)[C@@H]6[C@@H](O)[C@@H](C)CN6C(=O)[C@H]([C@H](O)CCNC(CO)CO)NC(=O)[C@H]([C@H](O)Cc6ccc(O)c(OSOOO)c6)NC(=O)[C@@H]6C[C@@H](O)CN6C(=O)[C@H]([C@@H](C)O)NC5=O)cc4)s3)cc2)CC1. The lowest BCUT2D eigenvalue weighted by Crippen LogP contribution is -2.64. The molecule has 3 aliphatic heterocycles. The van der Waals surface area contributed by atoms with Crippen LogP contribution in [0.3, 0.4) is 0 Å². The first-order valence-electron chi connectivity index (χ1n) is 33.3. The number of nitrogens with one attached hydrogen (secondary N) is 6. The largest absolute Gasteiger partial charge is 0.504 e. The maximum Gasteiger partial charge on any atom is 0.261 e. The Morgan fingerprint density at radius 2 is 1.39 bits per heavy atom. The van der Waals surface area contributed by atoms with E-state index in [0.717, 1.165) is 54.0 Å². The van der Waals surface area contributed by atoms with Crippen molar-refractivity contribution in [3.8, 4) is 32.6 Å². The number of aliphatic hydroxyl groups is 8. The van der Waals surface area contributed by atoms with Gasteiger partial charge in [-0.15, -0.1) is 10.2 Å². The van der Waals surface area contributed by atoms with E-state index in [-0.39, 0.29) is 47.9 Å². The highest BCUT2D eigenvalue weighted by molar-refractivity contribution is 7.90. The quantitative estimate of drug-likeness (QED) is 0.0210. The third-order valence-corrected chi connectivity index (χ3v) is 21.1. The van der Waals surface area contributed by atoms with Crippen molar-refractivity contribution in [2.24, 2.45) is 11.8 Å². The van der Waals surface area contributed by atoms with Gasteiger partial charge < -0.3 is 96.6 Å². The van der Waals surface area contributed by atoms with E-state index >= 15 is 4.79 Å². The number of aliphatic hydroxyl groups excluding tert-OH is 8. The van der Waals surface area contributed by atoms with Crippen LogP contribution in [0.5, 0.6) is 11.5 Å². The molecule has 1 aromatic heterocycles. The second kappa shape index (κ2) is 35.0. The van der Waals surface area contributed by atoms with Crippen LogP contribution in [0.15, 0.2) is 66.7 Å². The fourth-order valence-corrected chi connectivity index (χ4v) is 15.2. The first kappa shape index (κ1) is 76.1. The van der Waals surface area contributed by atoms with Crippen molar-refractivity contribution in [1.82, 2.24) is 51.9 Å². The molecule has 99 heavy (non-hydrogen) atoms. The average molecular weight is 1420 g/mol.